The van der Waals surface area contributed by atoms with Gasteiger partial charge in [0.15, 0.2) is 0 Å². The van der Waals surface area contributed by atoms with Gasteiger partial charge in [-0.05, 0) is 32.2 Å². The minimum atomic E-state index is 0.419. The summed E-state index contributed by atoms with van der Waals surface area (Å²) in [5.41, 5.74) is 0.901. The Morgan fingerprint density at radius 3 is 2.40 bits per heavy atom. The minimum Gasteiger partial charge on any atom is -0.311 e. The van der Waals surface area contributed by atoms with Gasteiger partial charge in [-0.3, -0.25) is 5.32 Å². The van der Waals surface area contributed by atoms with Crippen molar-refractivity contribution in [3.63, 3.8) is 0 Å². The maximum Gasteiger partial charge on any atom is 0.0459 e. The molecule has 1 aliphatic carbocycles. The van der Waals surface area contributed by atoms with Crippen LogP contribution in [0.25, 0.3) is 0 Å². The summed E-state index contributed by atoms with van der Waals surface area (Å²) < 4.78 is 0. The Kier molecular flexibility index (Phi) is 2.49. The Bertz CT molecular complexity index is 222. The molecule has 2 saturated heterocycles. The van der Waals surface area contributed by atoms with Crippen LogP contribution in [0.15, 0.2) is 0 Å². The zero-order chi connectivity index (χ0) is 10.2. The number of hydrogen-bond donors (Lipinski definition) is 3. The average molecular weight is 209 g/mol. The summed E-state index contributed by atoms with van der Waals surface area (Å²) in [6.45, 7) is 3.39. The van der Waals surface area contributed by atoms with Crippen molar-refractivity contribution in [3.8, 4) is 0 Å². The molecule has 0 aromatic carbocycles. The predicted octanol–water partition coefficient (Wildman–Crippen LogP) is 0.962. The van der Waals surface area contributed by atoms with Gasteiger partial charge in [0.05, 0.1) is 0 Å². The highest BCUT2D eigenvalue weighted by atomic mass is 15.2. The molecule has 1 atom stereocenters. The Morgan fingerprint density at radius 2 is 1.67 bits per heavy atom. The molecule has 2 spiro atoms. The van der Waals surface area contributed by atoms with E-state index in [4.69, 9.17) is 0 Å². The van der Waals surface area contributed by atoms with Gasteiger partial charge in [0, 0.05) is 24.3 Å². The van der Waals surface area contributed by atoms with Gasteiger partial charge in [-0.15, -0.1) is 0 Å². The van der Waals surface area contributed by atoms with Gasteiger partial charge in [-0.1, -0.05) is 19.3 Å². The number of rotatable bonds is 0. The number of nitrogens with one attached hydrogen (secondary N) is 3. The molecule has 1 saturated carbocycles. The van der Waals surface area contributed by atoms with E-state index in [9.17, 15) is 0 Å². The van der Waals surface area contributed by atoms with E-state index in [0.717, 1.165) is 6.67 Å². The zero-order valence-electron chi connectivity index (χ0n) is 9.57. The zero-order valence-corrected chi connectivity index (χ0v) is 9.57. The van der Waals surface area contributed by atoms with Crippen molar-refractivity contribution in [2.24, 2.45) is 0 Å². The summed E-state index contributed by atoms with van der Waals surface area (Å²) in [6.07, 6.45) is 9.73. The van der Waals surface area contributed by atoms with Crippen LogP contribution in [-0.4, -0.2) is 30.8 Å². The minimum absolute atomic E-state index is 0.419. The van der Waals surface area contributed by atoms with Gasteiger partial charge < -0.3 is 10.6 Å². The van der Waals surface area contributed by atoms with Crippen LogP contribution in [0.2, 0.25) is 0 Å². The van der Waals surface area contributed by atoms with Crippen LogP contribution in [0.3, 0.4) is 0 Å². The van der Waals surface area contributed by atoms with Crippen LogP contribution < -0.4 is 16.0 Å². The Balaban J connectivity index is 1.74. The highest BCUT2D eigenvalue weighted by Crippen LogP contribution is 2.39. The maximum absolute atomic E-state index is 3.82. The van der Waals surface area contributed by atoms with Gasteiger partial charge in [-0.2, -0.15) is 0 Å². The molecule has 86 valence electrons. The van der Waals surface area contributed by atoms with E-state index >= 15 is 0 Å². The largest absolute Gasteiger partial charge is 0.311 e. The van der Waals surface area contributed by atoms with Crippen LogP contribution in [0.4, 0.5) is 0 Å². The molecule has 0 bridgehead atoms. The van der Waals surface area contributed by atoms with Crippen LogP contribution in [0, 0.1) is 0 Å². The second-order valence-corrected chi connectivity index (χ2v) is 5.76. The molecule has 2 heterocycles. The first kappa shape index (κ1) is 10.1. The van der Waals surface area contributed by atoms with Gasteiger partial charge in [0.2, 0.25) is 0 Å². The van der Waals surface area contributed by atoms with Crippen molar-refractivity contribution in [2.45, 2.75) is 56.0 Å². The van der Waals surface area contributed by atoms with Crippen molar-refractivity contribution in [2.75, 3.05) is 19.8 Å². The van der Waals surface area contributed by atoms with E-state index in [1.807, 2.05) is 0 Å². The molecular weight excluding hydrogens is 186 g/mol. The molecule has 3 N–H and O–H groups in total. The second-order valence-electron chi connectivity index (χ2n) is 5.76. The first-order valence-electron chi connectivity index (χ1n) is 6.54. The van der Waals surface area contributed by atoms with E-state index in [1.54, 1.807) is 0 Å². The lowest BCUT2D eigenvalue weighted by molar-refractivity contribution is 0.118. The Morgan fingerprint density at radius 1 is 0.800 bits per heavy atom. The molecule has 3 aliphatic rings. The standard InChI is InChI=1S/C12H23N3/c1-2-4-11(5-3-1)8-12(6-7-14-11)9-13-10-15-12/h13-15H,1-10H2. The number of hydrogen-bond acceptors (Lipinski definition) is 3. The SMILES string of the molecule is C1CCC2(CC1)CC1(CCN2)CNCN1. The molecular formula is C12H23N3. The molecule has 3 nitrogen and oxygen atoms in total. The average Bonchev–Trinajstić information content (AvgIpc) is 2.67. The van der Waals surface area contributed by atoms with Gasteiger partial charge in [-0.25, -0.2) is 0 Å². The molecule has 0 aromatic heterocycles. The van der Waals surface area contributed by atoms with E-state index in [0.29, 0.717) is 11.1 Å². The summed E-state index contributed by atoms with van der Waals surface area (Å²) >= 11 is 0. The molecule has 0 aromatic rings. The fourth-order valence-electron chi connectivity index (χ4n) is 3.86. The lowest BCUT2D eigenvalue weighted by Gasteiger charge is -2.49. The first-order chi connectivity index (χ1) is 7.33. The number of piperidine rings is 1. The molecule has 1 unspecified atom stereocenters. The van der Waals surface area contributed by atoms with Gasteiger partial charge in [0.25, 0.3) is 0 Å². The van der Waals surface area contributed by atoms with Crippen LogP contribution in [-0.2, 0) is 0 Å². The summed E-state index contributed by atoms with van der Waals surface area (Å²) in [4.78, 5) is 0. The van der Waals surface area contributed by atoms with Crippen LogP contribution in [0.1, 0.15) is 44.9 Å². The van der Waals surface area contributed by atoms with Crippen LogP contribution in [0.5, 0.6) is 0 Å². The molecule has 3 fully saturated rings. The Labute approximate surface area is 92.4 Å². The van der Waals surface area contributed by atoms with Crippen LogP contribution >= 0.6 is 0 Å². The normalized spacial score (nSPS) is 40.0. The fraction of sp³-hybridized carbons (Fsp3) is 1.00. The molecule has 3 rings (SSSR count). The summed E-state index contributed by atoms with van der Waals surface area (Å²) in [5, 5.41) is 11.0. The fourth-order valence-corrected chi connectivity index (χ4v) is 3.86. The third-order valence-electron chi connectivity index (χ3n) is 4.64. The molecule has 0 radical (unpaired) electrons. The van der Waals surface area contributed by atoms with Crippen molar-refractivity contribution >= 4 is 0 Å². The smallest absolute Gasteiger partial charge is 0.0459 e. The first-order valence-corrected chi connectivity index (χ1v) is 6.54. The van der Waals surface area contributed by atoms with E-state index in [2.05, 4.69) is 16.0 Å². The lowest BCUT2D eigenvalue weighted by Crippen LogP contribution is -2.62. The Hall–Kier alpha value is -0.120. The highest BCUT2D eigenvalue weighted by Gasteiger charge is 2.45. The second kappa shape index (κ2) is 3.72. The van der Waals surface area contributed by atoms with Crippen molar-refractivity contribution in [3.05, 3.63) is 0 Å². The van der Waals surface area contributed by atoms with E-state index in [1.165, 1.54) is 58.0 Å². The molecule has 3 heteroatoms. The highest BCUT2D eigenvalue weighted by molar-refractivity contribution is 5.08. The topological polar surface area (TPSA) is 36.1 Å². The maximum atomic E-state index is 3.82. The molecule has 0 amide bonds. The van der Waals surface area contributed by atoms with E-state index < -0.39 is 0 Å². The predicted molar refractivity (Wildman–Crippen MR) is 61.8 cm³/mol. The third kappa shape index (κ3) is 1.81. The summed E-state index contributed by atoms with van der Waals surface area (Å²) in [5.74, 6) is 0. The monoisotopic (exact) mass is 209 g/mol. The molecule has 2 aliphatic heterocycles. The van der Waals surface area contributed by atoms with Crippen molar-refractivity contribution in [1.29, 1.82) is 0 Å². The summed E-state index contributed by atoms with van der Waals surface area (Å²) in [7, 11) is 0. The van der Waals surface area contributed by atoms with E-state index in [-0.39, 0.29) is 0 Å². The van der Waals surface area contributed by atoms with Gasteiger partial charge >= 0.3 is 0 Å². The quantitative estimate of drug-likeness (QED) is 0.556. The molecule has 15 heavy (non-hydrogen) atoms. The van der Waals surface area contributed by atoms with Crippen molar-refractivity contribution in [1.82, 2.24) is 16.0 Å². The van der Waals surface area contributed by atoms with Crippen molar-refractivity contribution < 1.29 is 0 Å². The third-order valence-corrected chi connectivity index (χ3v) is 4.64. The summed E-state index contributed by atoms with van der Waals surface area (Å²) in [6, 6.07) is 0. The van der Waals surface area contributed by atoms with Gasteiger partial charge in [0.1, 0.15) is 0 Å². The lowest BCUT2D eigenvalue weighted by atomic mass is 9.70.